The van der Waals surface area contributed by atoms with Gasteiger partial charge in [0, 0.05) is 11.8 Å². The summed E-state index contributed by atoms with van der Waals surface area (Å²) in [4.78, 5) is 25.8. The van der Waals surface area contributed by atoms with E-state index in [1.165, 1.54) is 0 Å². The third-order valence-electron chi connectivity index (χ3n) is 2.60. The predicted molar refractivity (Wildman–Crippen MR) is 56.4 cm³/mol. The van der Waals surface area contributed by atoms with E-state index in [4.69, 9.17) is 0 Å². The number of nitrogens with one attached hydrogen (secondary N) is 2. The lowest BCUT2D eigenvalue weighted by Crippen LogP contribution is -2.32. The standard InChI is InChI=1S/C11H12N2O2/c1-7-4-6-13-11(15)9(7)8-3-2-5-12-10(8)14/h2,4-6,8H,3H2,1H3,(H,12,14)(H,13,15). The molecule has 2 N–H and O–H groups in total. The monoisotopic (exact) mass is 204 g/mol. The Kier molecular flexibility index (Phi) is 2.41. The molecule has 0 saturated heterocycles. The Hall–Kier alpha value is -1.84. The number of H-pyrrole nitrogens is 1. The molecular weight excluding hydrogens is 192 g/mol. The fourth-order valence-corrected chi connectivity index (χ4v) is 1.82. The molecule has 1 aliphatic heterocycles. The highest BCUT2D eigenvalue weighted by atomic mass is 16.2. The van der Waals surface area contributed by atoms with Gasteiger partial charge in [0.2, 0.25) is 5.91 Å². The van der Waals surface area contributed by atoms with Gasteiger partial charge in [0.25, 0.3) is 5.56 Å². The zero-order chi connectivity index (χ0) is 10.8. The molecule has 1 aromatic rings. The van der Waals surface area contributed by atoms with E-state index in [-0.39, 0.29) is 17.4 Å². The molecule has 78 valence electrons. The van der Waals surface area contributed by atoms with E-state index in [9.17, 15) is 9.59 Å². The van der Waals surface area contributed by atoms with Gasteiger partial charge in [-0.3, -0.25) is 9.59 Å². The lowest BCUT2D eigenvalue weighted by Gasteiger charge is -2.18. The fourth-order valence-electron chi connectivity index (χ4n) is 1.82. The average molecular weight is 204 g/mol. The van der Waals surface area contributed by atoms with E-state index in [1.54, 1.807) is 12.4 Å². The summed E-state index contributed by atoms with van der Waals surface area (Å²) >= 11 is 0. The molecule has 2 heterocycles. The van der Waals surface area contributed by atoms with E-state index in [1.807, 2.05) is 19.1 Å². The summed E-state index contributed by atoms with van der Waals surface area (Å²) in [6.45, 7) is 1.84. The first-order chi connectivity index (χ1) is 7.20. The van der Waals surface area contributed by atoms with E-state index in [2.05, 4.69) is 10.3 Å². The second-order valence-corrected chi connectivity index (χ2v) is 3.60. The van der Waals surface area contributed by atoms with Crippen molar-refractivity contribution in [1.82, 2.24) is 10.3 Å². The van der Waals surface area contributed by atoms with E-state index >= 15 is 0 Å². The highest BCUT2D eigenvalue weighted by molar-refractivity contribution is 5.85. The molecule has 1 aliphatic rings. The molecule has 15 heavy (non-hydrogen) atoms. The largest absolute Gasteiger partial charge is 0.332 e. The summed E-state index contributed by atoms with van der Waals surface area (Å²) in [5.41, 5.74) is 1.25. The average Bonchev–Trinajstić information content (AvgIpc) is 2.20. The first-order valence-corrected chi connectivity index (χ1v) is 4.83. The minimum absolute atomic E-state index is 0.114. The number of carbonyl (C=O) groups is 1. The molecule has 1 atom stereocenters. The van der Waals surface area contributed by atoms with Crippen molar-refractivity contribution < 1.29 is 4.79 Å². The van der Waals surface area contributed by atoms with Crippen LogP contribution < -0.4 is 10.9 Å². The summed E-state index contributed by atoms with van der Waals surface area (Å²) in [6.07, 6.45) is 5.65. The first-order valence-electron chi connectivity index (χ1n) is 4.83. The van der Waals surface area contributed by atoms with Gasteiger partial charge in [-0.25, -0.2) is 0 Å². The number of rotatable bonds is 1. The van der Waals surface area contributed by atoms with E-state index < -0.39 is 0 Å². The van der Waals surface area contributed by atoms with Crippen LogP contribution in [0, 0.1) is 6.92 Å². The summed E-state index contributed by atoms with van der Waals surface area (Å²) in [7, 11) is 0. The van der Waals surface area contributed by atoms with Crippen molar-refractivity contribution in [3.8, 4) is 0 Å². The van der Waals surface area contributed by atoms with Crippen LogP contribution >= 0.6 is 0 Å². The van der Waals surface area contributed by atoms with Crippen LogP contribution in [0.5, 0.6) is 0 Å². The molecule has 4 nitrogen and oxygen atoms in total. The van der Waals surface area contributed by atoms with Crippen molar-refractivity contribution in [2.75, 3.05) is 0 Å². The summed E-state index contributed by atoms with van der Waals surface area (Å²) in [5, 5.41) is 2.61. The van der Waals surface area contributed by atoms with Crippen LogP contribution in [0.15, 0.2) is 29.3 Å². The van der Waals surface area contributed by atoms with Crippen LogP contribution in [0.3, 0.4) is 0 Å². The number of aryl methyl sites for hydroxylation is 1. The Balaban J connectivity index is 2.49. The molecule has 0 bridgehead atoms. The Morgan fingerprint density at radius 2 is 2.20 bits per heavy atom. The smallest absolute Gasteiger partial charge is 0.252 e. The molecule has 1 unspecified atom stereocenters. The maximum Gasteiger partial charge on any atom is 0.252 e. The number of hydrogen-bond donors (Lipinski definition) is 2. The molecule has 2 rings (SSSR count). The number of aromatic amines is 1. The second kappa shape index (κ2) is 3.73. The number of allylic oxidation sites excluding steroid dienone is 1. The zero-order valence-electron chi connectivity index (χ0n) is 8.41. The predicted octanol–water partition coefficient (Wildman–Crippen LogP) is 0.801. The van der Waals surface area contributed by atoms with E-state index in [0.717, 1.165) is 5.56 Å². The van der Waals surface area contributed by atoms with Crippen LogP contribution in [0.1, 0.15) is 23.5 Å². The molecule has 1 amide bonds. The lowest BCUT2D eigenvalue weighted by molar-refractivity contribution is -0.121. The zero-order valence-corrected chi connectivity index (χ0v) is 8.41. The van der Waals surface area contributed by atoms with E-state index in [0.29, 0.717) is 12.0 Å². The van der Waals surface area contributed by atoms with Gasteiger partial charge in [0.05, 0.1) is 5.92 Å². The highest BCUT2D eigenvalue weighted by Gasteiger charge is 2.25. The molecule has 0 radical (unpaired) electrons. The number of amides is 1. The van der Waals surface area contributed by atoms with Gasteiger partial charge in [-0.15, -0.1) is 0 Å². The summed E-state index contributed by atoms with van der Waals surface area (Å²) in [5.74, 6) is -0.475. The highest BCUT2D eigenvalue weighted by Crippen LogP contribution is 2.22. The van der Waals surface area contributed by atoms with Crippen LogP contribution in [-0.2, 0) is 4.79 Å². The van der Waals surface area contributed by atoms with Crippen molar-refractivity contribution in [3.63, 3.8) is 0 Å². The molecule has 4 heteroatoms. The number of aromatic nitrogens is 1. The van der Waals surface area contributed by atoms with Crippen molar-refractivity contribution in [2.45, 2.75) is 19.3 Å². The minimum Gasteiger partial charge on any atom is -0.332 e. The summed E-state index contributed by atoms with van der Waals surface area (Å²) < 4.78 is 0. The van der Waals surface area contributed by atoms with Gasteiger partial charge >= 0.3 is 0 Å². The maximum absolute atomic E-state index is 11.6. The number of hydrogen-bond acceptors (Lipinski definition) is 2. The third-order valence-corrected chi connectivity index (χ3v) is 2.60. The van der Waals surface area contributed by atoms with Gasteiger partial charge in [0.1, 0.15) is 0 Å². The normalized spacial score (nSPS) is 20.1. The minimum atomic E-state index is -0.361. The second-order valence-electron chi connectivity index (χ2n) is 3.60. The van der Waals surface area contributed by atoms with Gasteiger partial charge in [-0.1, -0.05) is 6.08 Å². The molecule has 0 aliphatic carbocycles. The van der Waals surface area contributed by atoms with Crippen LogP contribution in [0.25, 0.3) is 0 Å². The van der Waals surface area contributed by atoms with Crippen LogP contribution in [-0.4, -0.2) is 10.9 Å². The SMILES string of the molecule is Cc1cc[nH]c(=O)c1C1CC=CNC1=O. The van der Waals surface area contributed by atoms with Crippen LogP contribution in [0.2, 0.25) is 0 Å². The summed E-state index contributed by atoms with van der Waals surface area (Å²) in [6, 6.07) is 1.81. The van der Waals surface area contributed by atoms with Crippen molar-refractivity contribution >= 4 is 5.91 Å². The first kappa shape index (κ1) is 9.71. The topological polar surface area (TPSA) is 62.0 Å². The van der Waals surface area contributed by atoms with Crippen molar-refractivity contribution in [1.29, 1.82) is 0 Å². The molecular formula is C11H12N2O2. The van der Waals surface area contributed by atoms with Gasteiger partial charge in [0.15, 0.2) is 0 Å². The Bertz CT molecular complexity index is 474. The molecule has 0 saturated carbocycles. The van der Waals surface area contributed by atoms with Gasteiger partial charge < -0.3 is 10.3 Å². The number of carbonyl (C=O) groups excluding carboxylic acids is 1. The lowest BCUT2D eigenvalue weighted by atomic mass is 9.91. The molecule has 0 aromatic carbocycles. The van der Waals surface area contributed by atoms with Gasteiger partial charge in [-0.2, -0.15) is 0 Å². The Morgan fingerprint density at radius 3 is 2.87 bits per heavy atom. The quantitative estimate of drug-likeness (QED) is 0.710. The van der Waals surface area contributed by atoms with Crippen molar-refractivity contribution in [2.24, 2.45) is 0 Å². The van der Waals surface area contributed by atoms with Crippen LogP contribution in [0.4, 0.5) is 0 Å². The van der Waals surface area contributed by atoms with Crippen molar-refractivity contribution in [3.05, 3.63) is 46.0 Å². The Morgan fingerprint density at radius 1 is 1.40 bits per heavy atom. The third kappa shape index (κ3) is 1.70. The Labute approximate surface area is 87.0 Å². The fraction of sp³-hybridized carbons (Fsp3) is 0.273. The molecule has 0 fully saturated rings. The molecule has 0 spiro atoms. The number of pyridine rings is 1. The molecule has 1 aromatic heterocycles. The maximum atomic E-state index is 11.6. The van der Waals surface area contributed by atoms with Gasteiger partial charge in [-0.05, 0) is 31.2 Å².